The number of aliphatic hydroxyl groups is 2. The molecule has 11 atom stereocenters. The van der Waals surface area contributed by atoms with E-state index in [1.165, 1.54) is 0 Å². The Kier molecular flexibility index (Phi) is 28.7. The highest BCUT2D eigenvalue weighted by Gasteiger charge is 2.46. The number of rotatable bonds is 25. The Morgan fingerprint density at radius 1 is 0.608 bits per heavy atom. The third-order valence-electron chi connectivity index (χ3n) is 15.9. The SMILES string of the molecule is CC(C)(C)OC(=O)N[C@@H](Cc1ccccc1)[C@H](O)CN(OC1CCOCC1)S(=O)(=O)c1ccc([N+](=O)[O-])cc1.O=C(N[C@@H](Cc1ccccc1)[C@H](O)CN(OC1CCOCC1)S(=O)(=O)c1ccc([N+](=O)[O-])cc1)OC1CO[C@H]2OCC[C@@H]12.O=C(OP=NP)O[C@H]1CO[C@H]2OCC[C@H]21. The Morgan fingerprint density at radius 3 is 1.40 bits per heavy atom. The highest BCUT2D eigenvalue weighted by Crippen LogP contribution is 2.35. The Labute approximate surface area is 564 Å². The number of carbonyl (C=O) groups is 3. The molecule has 0 saturated carbocycles. The molecular weight excluding hydrogens is 1360 g/mol. The number of amides is 2. The Bertz CT molecular complexity index is 3450. The first-order valence-corrected chi connectivity index (χ1v) is 35.4. The molecule has 0 aromatic heterocycles. The van der Waals surface area contributed by atoms with Gasteiger partial charge < -0.3 is 68.0 Å². The molecule has 4 N–H and O–H groups in total. The first-order chi connectivity index (χ1) is 46.4. The number of benzene rings is 4. The Balaban J connectivity index is 0.000000205. The molecule has 97 heavy (non-hydrogen) atoms. The van der Waals surface area contributed by atoms with Crippen molar-refractivity contribution in [2.45, 2.75) is 149 Å². The van der Waals surface area contributed by atoms with Crippen LogP contribution >= 0.6 is 18.0 Å². The van der Waals surface area contributed by atoms with Crippen LogP contribution in [-0.4, -0.2) is 197 Å². The molecular formula is C61H81N7O25P2S2. The van der Waals surface area contributed by atoms with Crippen LogP contribution < -0.4 is 10.6 Å². The van der Waals surface area contributed by atoms with Gasteiger partial charge in [0.05, 0.1) is 107 Å². The molecule has 4 aromatic carbocycles. The second kappa shape index (κ2) is 36.5. The van der Waals surface area contributed by atoms with Gasteiger partial charge in [0.1, 0.15) is 17.8 Å². The molecule has 6 aliphatic heterocycles. The molecule has 6 aliphatic rings. The lowest BCUT2D eigenvalue weighted by Gasteiger charge is -2.32. The van der Waals surface area contributed by atoms with Crippen molar-refractivity contribution in [3.05, 3.63) is 141 Å². The number of aliphatic hydroxyl groups excluding tert-OH is 2. The van der Waals surface area contributed by atoms with E-state index in [0.717, 1.165) is 66.1 Å². The van der Waals surface area contributed by atoms with Crippen LogP contribution in [0.1, 0.15) is 70.4 Å². The van der Waals surface area contributed by atoms with Gasteiger partial charge >= 0.3 is 18.3 Å². The summed E-state index contributed by atoms with van der Waals surface area (Å²) in [6.45, 7) is 7.30. The Hall–Kier alpha value is -6.56. The van der Waals surface area contributed by atoms with E-state index in [0.29, 0.717) is 87.3 Å². The van der Waals surface area contributed by atoms with Crippen LogP contribution in [0.2, 0.25) is 0 Å². The monoisotopic (exact) mass is 1440 g/mol. The largest absolute Gasteiger partial charge is 0.518 e. The zero-order valence-corrected chi connectivity index (χ0v) is 57.1. The van der Waals surface area contributed by atoms with E-state index in [2.05, 4.69) is 29.1 Å². The van der Waals surface area contributed by atoms with E-state index in [1.54, 1.807) is 20.8 Å². The van der Waals surface area contributed by atoms with Crippen molar-refractivity contribution in [2.75, 3.05) is 65.9 Å². The summed E-state index contributed by atoms with van der Waals surface area (Å²) >= 11 is 0. The average molecular weight is 1440 g/mol. The first-order valence-electron chi connectivity index (χ1n) is 31.2. The number of nitro groups is 2. The van der Waals surface area contributed by atoms with E-state index in [9.17, 15) is 61.7 Å². The van der Waals surface area contributed by atoms with Crippen molar-refractivity contribution in [2.24, 2.45) is 16.4 Å². The molecule has 6 heterocycles. The molecule has 6 fully saturated rings. The number of nitrogens with one attached hydrogen (secondary N) is 2. The normalized spacial score (nSPS) is 22.5. The van der Waals surface area contributed by atoms with Gasteiger partial charge in [0.2, 0.25) is 0 Å². The third kappa shape index (κ3) is 23.0. The van der Waals surface area contributed by atoms with E-state index in [1.807, 2.05) is 60.7 Å². The van der Waals surface area contributed by atoms with Crippen LogP contribution in [-0.2, 0) is 89.7 Å². The molecule has 532 valence electrons. The minimum atomic E-state index is -4.39. The van der Waals surface area contributed by atoms with Crippen molar-refractivity contribution in [1.82, 2.24) is 19.6 Å². The maximum atomic E-state index is 13.7. The van der Waals surface area contributed by atoms with Crippen molar-refractivity contribution >= 4 is 67.8 Å². The molecule has 0 radical (unpaired) electrons. The number of hydrogen-bond acceptors (Lipinski definition) is 26. The van der Waals surface area contributed by atoms with Gasteiger partial charge in [-0.25, -0.2) is 35.7 Å². The van der Waals surface area contributed by atoms with Crippen LogP contribution in [0.3, 0.4) is 0 Å². The fraction of sp³-hybridized carbons (Fsp3) is 0.557. The van der Waals surface area contributed by atoms with Crippen LogP contribution in [0.25, 0.3) is 0 Å². The number of non-ortho nitro benzene ring substituents is 2. The van der Waals surface area contributed by atoms with Crippen molar-refractivity contribution in [1.29, 1.82) is 0 Å². The van der Waals surface area contributed by atoms with E-state index >= 15 is 0 Å². The number of hydrogen-bond donors (Lipinski definition) is 4. The summed E-state index contributed by atoms with van der Waals surface area (Å²) in [5, 5.41) is 50.2. The third-order valence-corrected chi connectivity index (χ3v) is 19.8. The predicted octanol–water partition coefficient (Wildman–Crippen LogP) is 7.08. The second-order valence-corrected chi connectivity index (χ2v) is 29.0. The number of hydroxylamine groups is 2. The number of sulfonamides is 2. The van der Waals surface area contributed by atoms with E-state index in [4.69, 9.17) is 52.3 Å². The van der Waals surface area contributed by atoms with Crippen molar-refractivity contribution < 1.29 is 108 Å². The summed E-state index contributed by atoms with van der Waals surface area (Å²) in [6, 6.07) is 25.1. The summed E-state index contributed by atoms with van der Waals surface area (Å²) in [6.07, 6.45) is -3.91. The second-order valence-electron chi connectivity index (χ2n) is 24.0. The number of ether oxygens (including phenoxy) is 9. The first kappa shape index (κ1) is 76.2. The Morgan fingerprint density at radius 2 is 1.01 bits per heavy atom. The highest BCUT2D eigenvalue weighted by molar-refractivity contribution is 7.89. The quantitative estimate of drug-likeness (QED) is 0.0169. The van der Waals surface area contributed by atoms with Gasteiger partial charge in [0.15, 0.2) is 12.6 Å². The van der Waals surface area contributed by atoms with E-state index < -0.39 is 116 Å². The number of nitro benzene ring substituents is 2. The van der Waals surface area contributed by atoms with Crippen LogP contribution in [0, 0.1) is 32.1 Å². The maximum Gasteiger partial charge on any atom is 0.518 e. The molecule has 0 aliphatic carbocycles. The van der Waals surface area contributed by atoms with Gasteiger partial charge in [-0.15, -0.1) is 0 Å². The molecule has 0 bridgehead atoms. The summed E-state index contributed by atoms with van der Waals surface area (Å²) in [7, 11) is -6.44. The molecule has 2 unspecified atom stereocenters. The fourth-order valence-electron chi connectivity index (χ4n) is 10.9. The lowest BCUT2D eigenvalue weighted by atomic mass is 10.0. The number of alkyl carbamates (subject to hydrolysis) is 2. The van der Waals surface area contributed by atoms with Gasteiger partial charge in [0.25, 0.3) is 40.0 Å². The summed E-state index contributed by atoms with van der Waals surface area (Å²) < 4.78 is 113. The molecule has 10 rings (SSSR count). The number of nitrogens with zero attached hydrogens (tertiary/aromatic N) is 5. The number of carbonyl (C=O) groups excluding carboxylic acids is 3. The molecule has 6 saturated heterocycles. The van der Waals surface area contributed by atoms with Gasteiger partial charge in [-0.3, -0.25) is 29.9 Å². The molecule has 36 heteroatoms. The fourth-order valence-corrected chi connectivity index (χ4v) is 13.8. The summed E-state index contributed by atoms with van der Waals surface area (Å²) in [5.41, 5.74) is 0.257. The smallest absolute Gasteiger partial charge is 0.444 e. The zero-order chi connectivity index (χ0) is 69.7. The lowest BCUT2D eigenvalue weighted by molar-refractivity contribution is -0.385. The molecule has 4 aromatic rings. The highest BCUT2D eigenvalue weighted by atomic mass is 32.2. The topological polar surface area (TPSA) is 400 Å². The van der Waals surface area contributed by atoms with Gasteiger partial charge in [-0.05, 0) is 117 Å². The van der Waals surface area contributed by atoms with Crippen molar-refractivity contribution in [3.63, 3.8) is 0 Å². The van der Waals surface area contributed by atoms with Crippen LogP contribution in [0.15, 0.2) is 124 Å². The van der Waals surface area contributed by atoms with E-state index in [-0.39, 0.29) is 73.4 Å². The number of fused-ring (bicyclic) bond motifs is 2. The minimum Gasteiger partial charge on any atom is -0.444 e. The van der Waals surface area contributed by atoms with Gasteiger partial charge in [0, 0.05) is 50.7 Å². The lowest BCUT2D eigenvalue weighted by Crippen LogP contribution is -2.52. The standard InChI is InChI=1S/C28H35N3O11S.C26H35N3O9S.C7H11NO5P2/c32-25(17-30(42-21-10-13-38-14-11-21)43(36,37)22-8-6-20(7-9-22)31(34)35)24(16-19-4-2-1-3-5-19)29-28(33)41-26-18-40-27-23(26)12-15-39-27;1-26(2,3)37-25(31)27-23(17-19-7-5-4-6-8-19)24(30)18-28(38-21-13-15-36-16-14-21)39(34,35)22-11-9-20(10-12-22)29(32)33;9-7(13-15-8-14)12-5-3-11-6-4(5)1-2-10-6/h1-9,21,23-27,32H,10-18H2,(H,29,33);4-12,21,23-24,30H,13-18H2,1-3H3,(H,27,31);4-6H,1-3,14H2/t23-,24-,25+,26?,27+;23-,24+;4-,5-,6+/m000/s1. The summed E-state index contributed by atoms with van der Waals surface area (Å²) in [5.74, 6) is 0.0561. The van der Waals surface area contributed by atoms with Crippen molar-refractivity contribution in [3.8, 4) is 0 Å². The predicted molar refractivity (Wildman–Crippen MR) is 344 cm³/mol. The van der Waals surface area contributed by atoms with Crippen LogP contribution in [0.5, 0.6) is 0 Å². The minimum absolute atomic E-state index is 0.0848. The van der Waals surface area contributed by atoms with Crippen LogP contribution in [0.4, 0.5) is 25.8 Å². The molecule has 32 nitrogen and oxygen atoms in total. The zero-order valence-electron chi connectivity index (χ0n) is 53.4. The van der Waals surface area contributed by atoms with Gasteiger partial charge in [-0.1, -0.05) is 69.6 Å². The van der Waals surface area contributed by atoms with Gasteiger partial charge in [-0.2, -0.15) is 0 Å². The summed E-state index contributed by atoms with van der Waals surface area (Å²) in [4.78, 5) is 68.9. The average Bonchev–Trinajstić information content (AvgIpc) is 1.83. The maximum absolute atomic E-state index is 13.7. The molecule has 2 amide bonds. The molecule has 0 spiro atoms.